The van der Waals surface area contributed by atoms with E-state index in [2.05, 4.69) is 120 Å². The van der Waals surface area contributed by atoms with Gasteiger partial charge in [-0.25, -0.2) is 9.97 Å². The van der Waals surface area contributed by atoms with Crippen LogP contribution >= 0.6 is 0 Å². The third kappa shape index (κ3) is 5.45. The van der Waals surface area contributed by atoms with Gasteiger partial charge in [-0.1, -0.05) is 121 Å². The molecule has 11 rings (SSSR count). The molecule has 0 bridgehead atoms. The maximum atomic E-state index is 6.66. The Bertz CT molecular complexity index is 3240. The van der Waals surface area contributed by atoms with E-state index in [1.54, 1.807) is 0 Å². The van der Waals surface area contributed by atoms with E-state index in [9.17, 15) is 0 Å². The molecule has 0 radical (unpaired) electrons. The lowest BCUT2D eigenvalue weighted by molar-refractivity contribution is 0.668. The summed E-state index contributed by atoms with van der Waals surface area (Å²) in [5.41, 5.74) is 14.6. The molecule has 11 aromatic rings. The first-order valence-electron chi connectivity index (χ1n) is 18.7. The van der Waals surface area contributed by atoms with Gasteiger partial charge in [0.2, 0.25) is 0 Å². The van der Waals surface area contributed by atoms with Gasteiger partial charge in [0.1, 0.15) is 22.3 Å². The van der Waals surface area contributed by atoms with Crippen molar-refractivity contribution in [3.05, 3.63) is 188 Å². The molecule has 0 amide bonds. The van der Waals surface area contributed by atoms with Crippen molar-refractivity contribution in [3.8, 4) is 67.3 Å². The van der Waals surface area contributed by atoms with Crippen molar-refractivity contribution in [3.63, 3.8) is 0 Å². The zero-order valence-electron chi connectivity index (χ0n) is 30.1. The lowest BCUT2D eigenvalue weighted by Gasteiger charge is -2.12. The number of hydrogen-bond donors (Lipinski definition) is 0. The van der Waals surface area contributed by atoms with E-state index in [0.717, 1.165) is 105 Å². The number of pyridine rings is 1. The van der Waals surface area contributed by atoms with E-state index in [1.165, 1.54) is 0 Å². The van der Waals surface area contributed by atoms with Gasteiger partial charge in [-0.3, -0.25) is 4.98 Å². The third-order valence-corrected chi connectivity index (χ3v) is 10.6. The number of para-hydroxylation sites is 2. The number of aromatic nitrogens is 3. The Hall–Kier alpha value is -7.63. The van der Waals surface area contributed by atoms with E-state index >= 15 is 0 Å². The minimum atomic E-state index is 0.664. The highest BCUT2D eigenvalue weighted by molar-refractivity contribution is 6.17. The predicted molar refractivity (Wildman–Crippen MR) is 227 cm³/mol. The molecule has 0 N–H and O–H groups in total. The van der Waals surface area contributed by atoms with Gasteiger partial charge in [0, 0.05) is 56.2 Å². The van der Waals surface area contributed by atoms with E-state index in [4.69, 9.17) is 18.8 Å². The smallest absolute Gasteiger partial charge is 0.160 e. The fourth-order valence-electron chi connectivity index (χ4n) is 7.87. The van der Waals surface area contributed by atoms with Crippen molar-refractivity contribution in [2.24, 2.45) is 0 Å². The van der Waals surface area contributed by atoms with Gasteiger partial charge < -0.3 is 8.83 Å². The van der Waals surface area contributed by atoms with Crippen LogP contribution in [0.4, 0.5) is 0 Å². The Morgan fingerprint density at radius 3 is 1.79 bits per heavy atom. The highest BCUT2D eigenvalue weighted by atomic mass is 16.3. The topological polar surface area (TPSA) is 65.0 Å². The minimum absolute atomic E-state index is 0.664. The summed E-state index contributed by atoms with van der Waals surface area (Å²) in [5.74, 6) is 0.664. The maximum absolute atomic E-state index is 6.66. The zero-order valence-corrected chi connectivity index (χ0v) is 30.1. The molecule has 0 spiro atoms. The van der Waals surface area contributed by atoms with Crippen LogP contribution in [0.1, 0.15) is 0 Å². The molecule has 0 unspecified atom stereocenters. The van der Waals surface area contributed by atoms with Crippen LogP contribution in [-0.2, 0) is 0 Å². The Balaban J connectivity index is 1.02. The van der Waals surface area contributed by atoms with Crippen molar-refractivity contribution >= 4 is 43.9 Å². The molecule has 0 saturated heterocycles. The molecule has 7 aromatic carbocycles. The molecule has 262 valence electrons. The van der Waals surface area contributed by atoms with Crippen molar-refractivity contribution in [2.45, 2.75) is 0 Å². The first-order valence-corrected chi connectivity index (χ1v) is 18.7. The average Bonchev–Trinajstić information content (AvgIpc) is 3.85. The summed E-state index contributed by atoms with van der Waals surface area (Å²) in [7, 11) is 0. The van der Waals surface area contributed by atoms with Crippen molar-refractivity contribution in [1.29, 1.82) is 0 Å². The van der Waals surface area contributed by atoms with Gasteiger partial charge in [-0.15, -0.1) is 0 Å². The van der Waals surface area contributed by atoms with Gasteiger partial charge >= 0.3 is 0 Å². The summed E-state index contributed by atoms with van der Waals surface area (Å²) in [6, 6.07) is 60.7. The van der Waals surface area contributed by atoms with Crippen LogP contribution in [0.3, 0.4) is 0 Å². The monoisotopic (exact) mass is 717 g/mol. The Morgan fingerprint density at radius 1 is 0.339 bits per heavy atom. The molecular formula is C51H31N3O2. The van der Waals surface area contributed by atoms with Crippen LogP contribution in [0.2, 0.25) is 0 Å². The molecule has 0 aliphatic heterocycles. The van der Waals surface area contributed by atoms with Crippen molar-refractivity contribution < 1.29 is 8.83 Å². The number of hydrogen-bond acceptors (Lipinski definition) is 5. The number of rotatable bonds is 6. The van der Waals surface area contributed by atoms with Gasteiger partial charge in [0.15, 0.2) is 5.82 Å². The van der Waals surface area contributed by atoms with Crippen LogP contribution in [0.5, 0.6) is 0 Å². The summed E-state index contributed by atoms with van der Waals surface area (Å²) in [6.07, 6.45) is 3.64. The number of furan rings is 2. The van der Waals surface area contributed by atoms with Gasteiger partial charge in [-0.05, 0) is 82.4 Å². The second-order valence-electron chi connectivity index (χ2n) is 14.0. The van der Waals surface area contributed by atoms with Crippen LogP contribution in [0.15, 0.2) is 197 Å². The molecule has 4 aromatic heterocycles. The summed E-state index contributed by atoms with van der Waals surface area (Å²) >= 11 is 0. The van der Waals surface area contributed by atoms with Crippen molar-refractivity contribution in [2.75, 3.05) is 0 Å². The van der Waals surface area contributed by atoms with E-state index in [-0.39, 0.29) is 0 Å². The normalized spacial score (nSPS) is 11.6. The van der Waals surface area contributed by atoms with Gasteiger partial charge in [-0.2, -0.15) is 0 Å². The van der Waals surface area contributed by atoms with Crippen LogP contribution in [0, 0.1) is 0 Å². The zero-order chi connectivity index (χ0) is 37.0. The van der Waals surface area contributed by atoms with Crippen LogP contribution in [0.25, 0.3) is 111 Å². The largest absolute Gasteiger partial charge is 0.456 e. The first kappa shape index (κ1) is 31.9. The molecule has 0 saturated carbocycles. The molecule has 56 heavy (non-hydrogen) atoms. The lowest BCUT2D eigenvalue weighted by atomic mass is 9.94. The third-order valence-electron chi connectivity index (χ3n) is 10.6. The maximum Gasteiger partial charge on any atom is 0.160 e. The van der Waals surface area contributed by atoms with E-state index in [0.29, 0.717) is 5.82 Å². The Labute approximate surface area is 322 Å². The van der Waals surface area contributed by atoms with Gasteiger partial charge in [0.25, 0.3) is 0 Å². The fraction of sp³-hybridized carbons (Fsp3) is 0. The standard InChI is InChI=1S/C51H31N3O2/c1-2-9-34(10-3-1)44-31-45(38-12-8-11-36(29-38)32-25-27-52-28-26-32)54-51(53-44)35-19-17-33(18-20-35)39-23-24-40(50-49(39)43-14-5-7-16-47(43)56-50)37-21-22-42-41-13-4-6-15-46(41)55-48(42)30-37/h1-31H. The second kappa shape index (κ2) is 13.0. The number of nitrogens with zero attached hydrogens (tertiary/aromatic N) is 3. The lowest BCUT2D eigenvalue weighted by Crippen LogP contribution is -1.96. The van der Waals surface area contributed by atoms with Crippen molar-refractivity contribution in [1.82, 2.24) is 15.0 Å². The Kier molecular flexibility index (Phi) is 7.42. The Morgan fingerprint density at radius 2 is 0.964 bits per heavy atom. The summed E-state index contributed by atoms with van der Waals surface area (Å²) in [6.45, 7) is 0. The van der Waals surface area contributed by atoms with E-state index < -0.39 is 0 Å². The first-order chi connectivity index (χ1) is 27.7. The average molecular weight is 718 g/mol. The van der Waals surface area contributed by atoms with Crippen LogP contribution in [-0.4, -0.2) is 15.0 Å². The molecule has 5 nitrogen and oxygen atoms in total. The molecule has 0 atom stereocenters. The number of benzene rings is 7. The number of fused-ring (bicyclic) bond motifs is 6. The highest BCUT2D eigenvalue weighted by Gasteiger charge is 2.19. The molecule has 5 heteroatoms. The molecule has 0 fully saturated rings. The van der Waals surface area contributed by atoms with E-state index in [1.807, 2.05) is 73.1 Å². The SMILES string of the molecule is c1ccc(-c2cc(-c3cccc(-c4ccncc4)c3)nc(-c3ccc(-c4ccc(-c5ccc6c(c5)oc5ccccc56)c5oc6ccccc6c45)cc3)n2)cc1. The van der Waals surface area contributed by atoms with Crippen LogP contribution < -0.4 is 0 Å². The molecule has 4 heterocycles. The fourth-order valence-corrected chi connectivity index (χ4v) is 7.87. The summed E-state index contributed by atoms with van der Waals surface area (Å²) < 4.78 is 12.9. The highest BCUT2D eigenvalue weighted by Crippen LogP contribution is 2.43. The second-order valence-corrected chi connectivity index (χ2v) is 14.0. The summed E-state index contributed by atoms with van der Waals surface area (Å²) in [5, 5.41) is 4.37. The minimum Gasteiger partial charge on any atom is -0.456 e. The molecular weight excluding hydrogens is 687 g/mol. The van der Waals surface area contributed by atoms with Gasteiger partial charge in [0.05, 0.1) is 11.4 Å². The predicted octanol–water partition coefficient (Wildman–Crippen LogP) is 13.7. The molecule has 0 aliphatic carbocycles. The molecule has 0 aliphatic rings. The quantitative estimate of drug-likeness (QED) is 0.171. The summed E-state index contributed by atoms with van der Waals surface area (Å²) in [4.78, 5) is 14.5.